The van der Waals surface area contributed by atoms with E-state index in [9.17, 15) is 10.5 Å². The quantitative estimate of drug-likeness (QED) is 0.562. The number of ether oxygens (including phenoxy) is 1. The predicted molar refractivity (Wildman–Crippen MR) is 117 cm³/mol. The minimum absolute atomic E-state index is 0.263. The van der Waals surface area contributed by atoms with Crippen molar-refractivity contribution in [3.05, 3.63) is 11.4 Å². The maximum atomic E-state index is 9.52. The van der Waals surface area contributed by atoms with Crippen LogP contribution in [0.2, 0.25) is 0 Å². The molecule has 166 valence electrons. The molecule has 0 aliphatic carbocycles. The summed E-state index contributed by atoms with van der Waals surface area (Å²) in [5.74, 6) is 2.42. The van der Waals surface area contributed by atoms with Gasteiger partial charge in [0.2, 0.25) is 0 Å². The van der Waals surface area contributed by atoms with Crippen LogP contribution in [0.4, 0.5) is 0 Å². The van der Waals surface area contributed by atoms with E-state index in [2.05, 4.69) is 45.6 Å². The van der Waals surface area contributed by atoms with Gasteiger partial charge in [-0.2, -0.15) is 10.5 Å². The molecule has 0 bridgehead atoms. The van der Waals surface area contributed by atoms with Crippen molar-refractivity contribution < 1.29 is 4.74 Å². The molecule has 3 heterocycles. The number of hydrogen-bond donors (Lipinski definition) is 0. The minimum atomic E-state index is 0.263. The first kappa shape index (κ1) is 22.9. The molecule has 30 heavy (non-hydrogen) atoms. The number of rotatable bonds is 8. The fourth-order valence-electron chi connectivity index (χ4n) is 5.30. The number of allylic oxidation sites excluding steroid dienone is 1. The van der Waals surface area contributed by atoms with Crippen molar-refractivity contribution in [2.24, 2.45) is 11.8 Å². The lowest BCUT2D eigenvalue weighted by Crippen LogP contribution is -2.40. The minimum Gasteiger partial charge on any atom is -0.379 e. The van der Waals surface area contributed by atoms with Gasteiger partial charge in [-0.15, -0.1) is 0 Å². The van der Waals surface area contributed by atoms with Gasteiger partial charge in [0.1, 0.15) is 18.0 Å². The average molecular weight is 415 g/mol. The zero-order valence-corrected chi connectivity index (χ0v) is 18.9. The molecule has 0 aromatic carbocycles. The number of likely N-dealkylation sites (tertiary alicyclic amines) is 1. The van der Waals surface area contributed by atoms with Crippen LogP contribution in [0, 0.1) is 34.5 Å². The Morgan fingerprint density at radius 2 is 1.37 bits per heavy atom. The fraction of sp³-hybridized carbons (Fsp3) is 0.826. The number of hydrogen-bond acceptors (Lipinski definition) is 7. The van der Waals surface area contributed by atoms with E-state index in [-0.39, 0.29) is 5.57 Å². The molecule has 3 aliphatic rings. The molecule has 0 saturated carbocycles. The highest BCUT2D eigenvalue weighted by Crippen LogP contribution is 2.24. The van der Waals surface area contributed by atoms with Gasteiger partial charge in [0.15, 0.2) is 5.57 Å². The third-order valence-corrected chi connectivity index (χ3v) is 6.54. The zero-order chi connectivity index (χ0) is 21.3. The standard InChI is InChI=1S/C23H38N6O/c1-20-15-21(2)19-27(18-20)6-4-8-29-10-9-28(23(29)22(16-24)17-25)7-3-5-26-11-13-30-14-12-26/h20-21H,3-15,18-19H2,1-2H3. The van der Waals surface area contributed by atoms with Crippen LogP contribution < -0.4 is 0 Å². The zero-order valence-electron chi connectivity index (χ0n) is 18.9. The molecule has 3 saturated heterocycles. The summed E-state index contributed by atoms with van der Waals surface area (Å²) in [6.45, 7) is 16.5. The van der Waals surface area contributed by atoms with Crippen molar-refractivity contribution in [1.82, 2.24) is 19.6 Å². The van der Waals surface area contributed by atoms with E-state index in [4.69, 9.17) is 4.74 Å². The second kappa shape index (κ2) is 11.6. The Balaban J connectivity index is 1.50. The molecule has 0 radical (unpaired) electrons. The molecule has 0 spiro atoms. The van der Waals surface area contributed by atoms with Crippen molar-refractivity contribution >= 4 is 0 Å². The summed E-state index contributed by atoms with van der Waals surface area (Å²) >= 11 is 0. The Kier molecular flexibility index (Phi) is 8.81. The molecule has 3 rings (SSSR count). The van der Waals surface area contributed by atoms with Crippen LogP contribution in [0.1, 0.15) is 33.1 Å². The SMILES string of the molecule is CC1CC(C)CN(CCCN2CCN(CCCN3CCOCC3)C2=C(C#N)C#N)C1. The lowest BCUT2D eigenvalue weighted by molar-refractivity contribution is 0.0366. The van der Waals surface area contributed by atoms with Crippen LogP contribution in [0.5, 0.6) is 0 Å². The molecule has 2 atom stereocenters. The average Bonchev–Trinajstić information content (AvgIpc) is 3.12. The van der Waals surface area contributed by atoms with Crippen molar-refractivity contribution in [3.8, 4) is 12.1 Å². The summed E-state index contributed by atoms with van der Waals surface area (Å²) in [6.07, 6.45) is 3.46. The lowest BCUT2D eigenvalue weighted by atomic mass is 9.92. The van der Waals surface area contributed by atoms with Crippen LogP contribution in [0.15, 0.2) is 11.4 Å². The fourth-order valence-corrected chi connectivity index (χ4v) is 5.30. The van der Waals surface area contributed by atoms with E-state index in [0.29, 0.717) is 0 Å². The van der Waals surface area contributed by atoms with E-state index in [0.717, 1.165) is 96.1 Å². The largest absolute Gasteiger partial charge is 0.379 e. The van der Waals surface area contributed by atoms with Gasteiger partial charge in [0.05, 0.1) is 13.2 Å². The van der Waals surface area contributed by atoms with Gasteiger partial charge >= 0.3 is 0 Å². The summed E-state index contributed by atoms with van der Waals surface area (Å²) in [6, 6.07) is 4.29. The highest BCUT2D eigenvalue weighted by Gasteiger charge is 2.28. The molecule has 3 aliphatic heterocycles. The topological polar surface area (TPSA) is 69.8 Å². The monoisotopic (exact) mass is 414 g/mol. The van der Waals surface area contributed by atoms with Crippen LogP contribution in [0.3, 0.4) is 0 Å². The molecule has 0 amide bonds. The Morgan fingerprint density at radius 1 is 0.833 bits per heavy atom. The summed E-state index contributed by atoms with van der Waals surface area (Å²) in [5.41, 5.74) is 0.263. The van der Waals surface area contributed by atoms with E-state index < -0.39 is 0 Å². The highest BCUT2D eigenvalue weighted by atomic mass is 16.5. The highest BCUT2D eigenvalue weighted by molar-refractivity contribution is 5.40. The van der Waals surface area contributed by atoms with E-state index in [1.165, 1.54) is 19.5 Å². The first-order chi connectivity index (χ1) is 14.6. The Hall–Kier alpha value is -1.80. The Bertz CT molecular complexity index is 634. The van der Waals surface area contributed by atoms with Crippen molar-refractivity contribution in [2.75, 3.05) is 78.7 Å². The lowest BCUT2D eigenvalue weighted by Gasteiger charge is -2.35. The first-order valence-corrected chi connectivity index (χ1v) is 11.7. The normalized spacial score (nSPS) is 25.9. The molecule has 7 heteroatoms. The number of nitrogens with zero attached hydrogens (tertiary/aromatic N) is 6. The molecular weight excluding hydrogens is 376 g/mol. The maximum absolute atomic E-state index is 9.52. The van der Waals surface area contributed by atoms with Gasteiger partial charge in [-0.05, 0) is 37.6 Å². The van der Waals surface area contributed by atoms with Crippen LogP contribution >= 0.6 is 0 Å². The van der Waals surface area contributed by atoms with Crippen molar-refractivity contribution in [2.45, 2.75) is 33.1 Å². The van der Waals surface area contributed by atoms with Crippen LogP contribution in [-0.2, 0) is 4.74 Å². The van der Waals surface area contributed by atoms with Gasteiger partial charge in [-0.1, -0.05) is 13.8 Å². The first-order valence-electron chi connectivity index (χ1n) is 11.7. The number of morpholine rings is 1. The summed E-state index contributed by atoms with van der Waals surface area (Å²) in [7, 11) is 0. The third kappa shape index (κ3) is 6.35. The second-order valence-electron chi connectivity index (χ2n) is 9.26. The van der Waals surface area contributed by atoms with Gasteiger partial charge < -0.3 is 19.4 Å². The number of nitriles is 2. The Labute approximate surface area is 182 Å². The van der Waals surface area contributed by atoms with Crippen molar-refractivity contribution in [3.63, 3.8) is 0 Å². The maximum Gasteiger partial charge on any atom is 0.169 e. The van der Waals surface area contributed by atoms with Gasteiger partial charge in [-0.3, -0.25) is 4.90 Å². The molecule has 7 nitrogen and oxygen atoms in total. The van der Waals surface area contributed by atoms with Crippen LogP contribution in [-0.4, -0.2) is 98.3 Å². The number of piperidine rings is 1. The molecule has 0 N–H and O–H groups in total. The van der Waals surface area contributed by atoms with Gasteiger partial charge in [-0.25, -0.2) is 0 Å². The van der Waals surface area contributed by atoms with Crippen LogP contribution in [0.25, 0.3) is 0 Å². The van der Waals surface area contributed by atoms with Gasteiger partial charge in [0.25, 0.3) is 0 Å². The summed E-state index contributed by atoms with van der Waals surface area (Å²) in [4.78, 5) is 9.56. The molecule has 3 fully saturated rings. The molecular formula is C23H38N6O. The molecule has 2 unspecified atom stereocenters. The van der Waals surface area contributed by atoms with E-state index in [1.54, 1.807) is 0 Å². The summed E-state index contributed by atoms with van der Waals surface area (Å²) < 4.78 is 5.42. The van der Waals surface area contributed by atoms with E-state index in [1.807, 2.05) is 0 Å². The second-order valence-corrected chi connectivity index (χ2v) is 9.26. The molecule has 0 aromatic heterocycles. The predicted octanol–water partition coefficient (Wildman–Crippen LogP) is 1.95. The smallest absolute Gasteiger partial charge is 0.169 e. The summed E-state index contributed by atoms with van der Waals surface area (Å²) in [5, 5.41) is 19.0. The van der Waals surface area contributed by atoms with Gasteiger partial charge in [0, 0.05) is 58.9 Å². The van der Waals surface area contributed by atoms with Crippen molar-refractivity contribution in [1.29, 1.82) is 10.5 Å². The van der Waals surface area contributed by atoms with E-state index >= 15 is 0 Å². The Morgan fingerprint density at radius 3 is 1.90 bits per heavy atom. The molecule has 0 aromatic rings. The third-order valence-electron chi connectivity index (χ3n) is 6.54.